The van der Waals surface area contributed by atoms with Gasteiger partial charge in [-0.05, 0) is 30.5 Å². The molecule has 0 bridgehead atoms. The van der Waals surface area contributed by atoms with Crippen LogP contribution in [0.15, 0.2) is 29.0 Å². The van der Waals surface area contributed by atoms with Crippen molar-refractivity contribution in [3.05, 3.63) is 30.2 Å². The van der Waals surface area contributed by atoms with Gasteiger partial charge in [-0.15, -0.1) is 0 Å². The molecule has 1 heterocycles. The highest BCUT2D eigenvalue weighted by molar-refractivity contribution is 5.96. The van der Waals surface area contributed by atoms with Gasteiger partial charge in [-0.3, -0.25) is 4.79 Å². The van der Waals surface area contributed by atoms with Crippen LogP contribution in [0.2, 0.25) is 0 Å². The lowest BCUT2D eigenvalue weighted by Crippen LogP contribution is -2.25. The fourth-order valence-corrected chi connectivity index (χ4v) is 1.57. The molecule has 0 unspecified atom stereocenters. The van der Waals surface area contributed by atoms with Gasteiger partial charge in [0.15, 0.2) is 12.0 Å². The minimum Gasteiger partial charge on any atom is -0.443 e. The van der Waals surface area contributed by atoms with Crippen molar-refractivity contribution in [2.45, 2.75) is 20.3 Å². The Morgan fingerprint density at radius 3 is 3.06 bits per heavy atom. The van der Waals surface area contributed by atoms with Gasteiger partial charge in [0.2, 0.25) is 0 Å². The molecule has 0 radical (unpaired) electrons. The van der Waals surface area contributed by atoms with Crippen molar-refractivity contribution < 1.29 is 9.21 Å². The quantitative estimate of drug-likeness (QED) is 0.881. The Balaban J connectivity index is 2.03. The Morgan fingerprint density at radius 2 is 2.29 bits per heavy atom. The Labute approximate surface area is 100 Å². The number of carbonyl (C=O) groups is 1. The van der Waals surface area contributed by atoms with Crippen molar-refractivity contribution in [3.8, 4) is 0 Å². The summed E-state index contributed by atoms with van der Waals surface area (Å²) in [6.45, 7) is 4.96. The van der Waals surface area contributed by atoms with Crippen LogP contribution >= 0.6 is 0 Å². The van der Waals surface area contributed by atoms with Crippen molar-refractivity contribution in [1.29, 1.82) is 0 Å². The molecular formula is C13H16N2O2. The van der Waals surface area contributed by atoms with Crippen LogP contribution in [0.4, 0.5) is 0 Å². The van der Waals surface area contributed by atoms with Gasteiger partial charge in [0.05, 0.1) is 0 Å². The second-order valence-corrected chi connectivity index (χ2v) is 4.47. The summed E-state index contributed by atoms with van der Waals surface area (Å²) >= 11 is 0. The largest absolute Gasteiger partial charge is 0.443 e. The zero-order valence-corrected chi connectivity index (χ0v) is 10.1. The number of amides is 1. The molecule has 1 aromatic carbocycles. The number of fused-ring (bicyclic) bond motifs is 1. The molecule has 1 N–H and O–H groups in total. The molecule has 0 atom stereocenters. The topological polar surface area (TPSA) is 55.1 Å². The van der Waals surface area contributed by atoms with Gasteiger partial charge in [-0.2, -0.15) is 0 Å². The predicted molar refractivity (Wildman–Crippen MR) is 65.8 cm³/mol. The van der Waals surface area contributed by atoms with E-state index in [1.807, 2.05) is 0 Å². The SMILES string of the molecule is CC(C)CCNC(=O)c1ccc2ncoc2c1. The van der Waals surface area contributed by atoms with Gasteiger partial charge < -0.3 is 9.73 Å². The van der Waals surface area contributed by atoms with E-state index >= 15 is 0 Å². The number of nitrogens with one attached hydrogen (secondary N) is 1. The third-order valence-electron chi connectivity index (χ3n) is 2.60. The molecule has 4 nitrogen and oxygen atoms in total. The lowest BCUT2D eigenvalue weighted by Gasteiger charge is -2.06. The normalized spacial score (nSPS) is 11.0. The second-order valence-electron chi connectivity index (χ2n) is 4.47. The van der Waals surface area contributed by atoms with Crippen molar-refractivity contribution in [2.24, 2.45) is 5.92 Å². The van der Waals surface area contributed by atoms with E-state index in [0.29, 0.717) is 23.6 Å². The molecule has 0 fully saturated rings. The van der Waals surface area contributed by atoms with Gasteiger partial charge in [-0.25, -0.2) is 4.98 Å². The molecule has 0 aliphatic carbocycles. The maximum atomic E-state index is 11.8. The minimum atomic E-state index is -0.0658. The Bertz CT molecular complexity index is 517. The molecular weight excluding hydrogens is 216 g/mol. The highest BCUT2D eigenvalue weighted by Crippen LogP contribution is 2.14. The average Bonchev–Trinajstić information content (AvgIpc) is 2.75. The first-order chi connectivity index (χ1) is 8.16. The summed E-state index contributed by atoms with van der Waals surface area (Å²) in [5, 5.41) is 2.89. The molecule has 17 heavy (non-hydrogen) atoms. The first kappa shape index (κ1) is 11.6. The number of rotatable bonds is 4. The van der Waals surface area contributed by atoms with E-state index in [-0.39, 0.29) is 5.91 Å². The summed E-state index contributed by atoms with van der Waals surface area (Å²) in [7, 11) is 0. The number of hydrogen-bond acceptors (Lipinski definition) is 3. The van der Waals surface area contributed by atoms with Crippen LogP contribution < -0.4 is 5.32 Å². The Morgan fingerprint density at radius 1 is 1.47 bits per heavy atom. The first-order valence-electron chi connectivity index (χ1n) is 5.78. The molecule has 1 aromatic heterocycles. The zero-order valence-electron chi connectivity index (χ0n) is 10.1. The predicted octanol–water partition coefficient (Wildman–Crippen LogP) is 2.60. The van der Waals surface area contributed by atoms with Crippen LogP contribution in [0, 0.1) is 5.92 Å². The van der Waals surface area contributed by atoms with E-state index < -0.39 is 0 Å². The number of oxazole rings is 1. The molecule has 0 aliphatic rings. The van der Waals surface area contributed by atoms with Gasteiger partial charge in [0.1, 0.15) is 5.52 Å². The number of nitrogens with zero attached hydrogens (tertiary/aromatic N) is 1. The first-order valence-corrected chi connectivity index (χ1v) is 5.78. The summed E-state index contributed by atoms with van der Waals surface area (Å²) in [5.74, 6) is 0.524. The Hall–Kier alpha value is -1.84. The van der Waals surface area contributed by atoms with E-state index in [9.17, 15) is 4.79 Å². The number of aromatic nitrogens is 1. The molecule has 0 spiro atoms. The number of benzene rings is 1. The van der Waals surface area contributed by atoms with Gasteiger partial charge in [0.25, 0.3) is 5.91 Å². The fourth-order valence-electron chi connectivity index (χ4n) is 1.57. The third-order valence-corrected chi connectivity index (χ3v) is 2.60. The van der Waals surface area contributed by atoms with E-state index in [1.165, 1.54) is 6.39 Å². The van der Waals surface area contributed by atoms with Crippen molar-refractivity contribution in [3.63, 3.8) is 0 Å². The van der Waals surface area contributed by atoms with E-state index in [1.54, 1.807) is 18.2 Å². The van der Waals surface area contributed by atoms with E-state index in [0.717, 1.165) is 11.9 Å². The molecule has 90 valence electrons. The molecule has 2 rings (SSSR count). The molecule has 0 saturated carbocycles. The molecule has 0 aliphatic heterocycles. The van der Waals surface area contributed by atoms with E-state index in [4.69, 9.17) is 4.42 Å². The summed E-state index contributed by atoms with van der Waals surface area (Å²) in [6, 6.07) is 5.26. The van der Waals surface area contributed by atoms with Crippen molar-refractivity contribution >= 4 is 17.0 Å². The summed E-state index contributed by atoms with van der Waals surface area (Å²) < 4.78 is 5.16. The van der Waals surface area contributed by atoms with Crippen LogP contribution in [0.3, 0.4) is 0 Å². The lowest BCUT2D eigenvalue weighted by molar-refractivity contribution is 0.0952. The number of hydrogen-bond donors (Lipinski definition) is 1. The average molecular weight is 232 g/mol. The maximum absolute atomic E-state index is 11.8. The third kappa shape index (κ3) is 2.84. The Kier molecular flexibility index (Phi) is 3.42. The fraction of sp³-hybridized carbons (Fsp3) is 0.385. The van der Waals surface area contributed by atoms with Crippen LogP contribution in [-0.2, 0) is 0 Å². The molecule has 4 heteroatoms. The maximum Gasteiger partial charge on any atom is 0.251 e. The molecule has 2 aromatic rings. The van der Waals surface area contributed by atoms with Gasteiger partial charge in [-0.1, -0.05) is 13.8 Å². The zero-order chi connectivity index (χ0) is 12.3. The van der Waals surface area contributed by atoms with Crippen LogP contribution in [0.5, 0.6) is 0 Å². The van der Waals surface area contributed by atoms with Crippen LogP contribution in [0.1, 0.15) is 30.6 Å². The number of carbonyl (C=O) groups excluding carboxylic acids is 1. The standard InChI is InChI=1S/C13H16N2O2/c1-9(2)5-6-14-13(16)10-3-4-11-12(7-10)17-8-15-11/h3-4,7-9H,5-6H2,1-2H3,(H,14,16). The monoisotopic (exact) mass is 232 g/mol. The molecule has 0 saturated heterocycles. The highest BCUT2D eigenvalue weighted by atomic mass is 16.3. The van der Waals surface area contributed by atoms with Crippen LogP contribution in [-0.4, -0.2) is 17.4 Å². The smallest absolute Gasteiger partial charge is 0.251 e. The highest BCUT2D eigenvalue weighted by Gasteiger charge is 2.07. The van der Waals surface area contributed by atoms with Crippen molar-refractivity contribution in [1.82, 2.24) is 10.3 Å². The van der Waals surface area contributed by atoms with Gasteiger partial charge >= 0.3 is 0 Å². The van der Waals surface area contributed by atoms with Crippen LogP contribution in [0.25, 0.3) is 11.1 Å². The summed E-state index contributed by atoms with van der Waals surface area (Å²) in [6.07, 6.45) is 2.36. The lowest BCUT2D eigenvalue weighted by atomic mass is 10.1. The summed E-state index contributed by atoms with van der Waals surface area (Å²) in [5.41, 5.74) is 2.02. The molecule has 1 amide bonds. The van der Waals surface area contributed by atoms with Gasteiger partial charge in [0, 0.05) is 12.1 Å². The minimum absolute atomic E-state index is 0.0658. The second kappa shape index (κ2) is 4.99. The van der Waals surface area contributed by atoms with E-state index in [2.05, 4.69) is 24.1 Å². The summed E-state index contributed by atoms with van der Waals surface area (Å²) in [4.78, 5) is 15.8. The van der Waals surface area contributed by atoms with Crippen molar-refractivity contribution in [2.75, 3.05) is 6.54 Å².